The van der Waals surface area contributed by atoms with Gasteiger partial charge in [0, 0.05) is 36.0 Å². The van der Waals surface area contributed by atoms with Crippen LogP contribution in [-0.2, 0) is 10.0 Å². The van der Waals surface area contributed by atoms with E-state index < -0.39 is 55.2 Å². The van der Waals surface area contributed by atoms with Gasteiger partial charge in [0.05, 0.1) is 11.3 Å². The minimum absolute atomic E-state index is 0.135. The number of carbonyl (C=O) groups excluding carboxylic acids is 1. The van der Waals surface area contributed by atoms with Gasteiger partial charge in [-0.3, -0.25) is 9.52 Å². The number of nitrogens with zero attached hydrogens (tertiary/aromatic N) is 1. The summed E-state index contributed by atoms with van der Waals surface area (Å²) in [4.78, 5) is 19.1. The first-order valence-corrected chi connectivity index (χ1v) is 12.0. The van der Waals surface area contributed by atoms with E-state index in [0.29, 0.717) is 35.4 Å². The predicted octanol–water partition coefficient (Wildman–Crippen LogP) is 4.90. The summed E-state index contributed by atoms with van der Waals surface area (Å²) in [5.74, 6) is -6.24. The van der Waals surface area contributed by atoms with Crippen LogP contribution >= 0.6 is 0 Å². The molecule has 0 amide bonds. The average Bonchev–Trinajstić information content (AvgIpc) is 3.29. The lowest BCUT2D eigenvalue weighted by Crippen LogP contribution is -2.17. The summed E-state index contributed by atoms with van der Waals surface area (Å²) in [6.07, 6.45) is 6.00. The number of carbonyl (C=O) groups is 1. The molecule has 0 aliphatic carbocycles. The lowest BCUT2D eigenvalue weighted by molar-refractivity contribution is 0.103. The second-order valence-corrected chi connectivity index (χ2v) is 9.41. The van der Waals surface area contributed by atoms with Gasteiger partial charge in [0.1, 0.15) is 28.0 Å². The molecule has 12 heteroatoms. The lowest BCUT2D eigenvalue weighted by Gasteiger charge is -2.12. The number of aromatic nitrogens is 2. The maximum absolute atomic E-state index is 15.3. The summed E-state index contributed by atoms with van der Waals surface area (Å²) in [7, 11) is -3.14. The Labute approximate surface area is 208 Å². The van der Waals surface area contributed by atoms with Gasteiger partial charge in [-0.25, -0.2) is 31.0 Å². The van der Waals surface area contributed by atoms with Gasteiger partial charge in [-0.2, -0.15) is 0 Å². The van der Waals surface area contributed by atoms with E-state index in [0.717, 1.165) is 6.07 Å². The van der Waals surface area contributed by atoms with E-state index in [1.807, 2.05) is 0 Å². The van der Waals surface area contributed by atoms with Crippen LogP contribution in [0.15, 0.2) is 72.5 Å². The van der Waals surface area contributed by atoms with Crippen LogP contribution in [-0.4, -0.2) is 31.2 Å². The number of rotatable bonds is 8. The Bertz CT molecular complexity index is 1700. The number of hydrogen-bond acceptors (Lipinski definition) is 5. The fourth-order valence-corrected chi connectivity index (χ4v) is 4.65. The quantitative estimate of drug-likeness (QED) is 0.171. The molecular weight excluding hydrogens is 512 g/mol. The molecule has 0 bridgehead atoms. The molecule has 37 heavy (non-hydrogen) atoms. The zero-order valence-electron chi connectivity index (χ0n) is 19.1. The number of H-pyrrole nitrogens is 1. The molecule has 0 aliphatic heterocycles. The highest BCUT2D eigenvalue weighted by Gasteiger charge is 2.27. The van der Waals surface area contributed by atoms with Crippen LogP contribution in [0, 0.1) is 23.3 Å². The number of halogens is 4. The molecule has 0 aliphatic rings. The standard InChI is InChI=1S/C25H18F4N4O3S/c1-13(7-8-30-2)14-9-16-17(12-32-25(16)31-11-14)24(34)22-19(28)5-6-20(23(22)29)33-37(35,36)21-10-15(26)3-4-18(21)27/h3-12,30,33H,1H2,2H3,(H,31,32)/b8-7-. The fraction of sp³-hybridized carbons (Fsp3) is 0.0400. The van der Waals surface area contributed by atoms with Crippen molar-refractivity contribution in [3.05, 3.63) is 108 Å². The first kappa shape index (κ1) is 25.6. The average molecular weight is 531 g/mol. The summed E-state index contributed by atoms with van der Waals surface area (Å²) in [6.45, 7) is 3.90. The van der Waals surface area contributed by atoms with Gasteiger partial charge in [0.15, 0.2) is 5.82 Å². The number of anilines is 1. The molecule has 4 aromatic rings. The van der Waals surface area contributed by atoms with Crippen molar-refractivity contribution >= 4 is 38.1 Å². The number of ketones is 1. The van der Waals surface area contributed by atoms with Gasteiger partial charge >= 0.3 is 0 Å². The molecule has 0 spiro atoms. The molecule has 0 fully saturated rings. The van der Waals surface area contributed by atoms with Crippen LogP contribution in [0.3, 0.4) is 0 Å². The summed E-state index contributed by atoms with van der Waals surface area (Å²) >= 11 is 0. The Morgan fingerprint density at radius 2 is 1.81 bits per heavy atom. The van der Waals surface area contributed by atoms with E-state index in [-0.39, 0.29) is 16.6 Å². The minimum Gasteiger partial charge on any atom is -0.394 e. The second-order valence-electron chi connectivity index (χ2n) is 7.76. The summed E-state index contributed by atoms with van der Waals surface area (Å²) < 4.78 is 84.4. The maximum Gasteiger partial charge on any atom is 0.265 e. The van der Waals surface area contributed by atoms with E-state index >= 15 is 4.39 Å². The molecule has 0 atom stereocenters. The second kappa shape index (κ2) is 9.90. The number of hydrogen-bond donors (Lipinski definition) is 3. The van der Waals surface area contributed by atoms with Crippen molar-refractivity contribution in [3.63, 3.8) is 0 Å². The molecule has 0 saturated heterocycles. The Kier molecular flexibility index (Phi) is 6.86. The zero-order valence-corrected chi connectivity index (χ0v) is 19.9. The normalized spacial score (nSPS) is 11.7. The fourth-order valence-electron chi connectivity index (χ4n) is 3.50. The molecule has 4 rings (SSSR count). The number of allylic oxidation sites excluding steroid dienone is 2. The molecule has 0 unspecified atom stereocenters. The van der Waals surface area contributed by atoms with Crippen molar-refractivity contribution in [1.29, 1.82) is 0 Å². The molecule has 0 radical (unpaired) electrons. The third-order valence-electron chi connectivity index (χ3n) is 5.34. The smallest absolute Gasteiger partial charge is 0.265 e. The molecule has 2 aromatic carbocycles. The molecule has 7 nitrogen and oxygen atoms in total. The Hall–Kier alpha value is -4.45. The van der Waals surface area contributed by atoms with Crippen LogP contribution in [0.5, 0.6) is 0 Å². The van der Waals surface area contributed by atoms with Crippen molar-refractivity contribution < 1.29 is 30.8 Å². The van der Waals surface area contributed by atoms with Crippen LogP contribution in [0.2, 0.25) is 0 Å². The molecule has 2 aromatic heterocycles. The third-order valence-corrected chi connectivity index (χ3v) is 6.72. The first-order chi connectivity index (χ1) is 17.5. The topological polar surface area (TPSA) is 104 Å². The van der Waals surface area contributed by atoms with Crippen molar-refractivity contribution in [3.8, 4) is 0 Å². The molecular formula is C25H18F4N4O3S. The van der Waals surface area contributed by atoms with E-state index in [1.54, 1.807) is 30.1 Å². The van der Waals surface area contributed by atoms with E-state index in [9.17, 15) is 26.4 Å². The first-order valence-electron chi connectivity index (χ1n) is 10.5. The molecule has 3 N–H and O–H groups in total. The predicted molar refractivity (Wildman–Crippen MR) is 130 cm³/mol. The number of pyridine rings is 1. The van der Waals surface area contributed by atoms with E-state index in [1.165, 1.54) is 12.4 Å². The van der Waals surface area contributed by atoms with Gasteiger partial charge in [-0.1, -0.05) is 6.58 Å². The van der Waals surface area contributed by atoms with Crippen molar-refractivity contribution in [2.75, 3.05) is 11.8 Å². The van der Waals surface area contributed by atoms with Crippen molar-refractivity contribution in [2.24, 2.45) is 0 Å². The molecule has 2 heterocycles. The van der Waals surface area contributed by atoms with Gasteiger partial charge in [-0.15, -0.1) is 0 Å². The number of fused-ring (bicyclic) bond motifs is 1. The number of sulfonamides is 1. The number of nitrogens with one attached hydrogen (secondary N) is 3. The highest BCUT2D eigenvalue weighted by molar-refractivity contribution is 7.92. The van der Waals surface area contributed by atoms with Crippen LogP contribution in [0.1, 0.15) is 21.5 Å². The maximum atomic E-state index is 15.3. The summed E-state index contributed by atoms with van der Waals surface area (Å²) in [5.41, 5.74) is -0.688. The van der Waals surface area contributed by atoms with Crippen LogP contribution in [0.4, 0.5) is 23.2 Å². The highest BCUT2D eigenvalue weighted by atomic mass is 32.2. The number of aromatic amines is 1. The largest absolute Gasteiger partial charge is 0.394 e. The van der Waals surface area contributed by atoms with E-state index in [4.69, 9.17) is 0 Å². The monoisotopic (exact) mass is 530 g/mol. The van der Waals surface area contributed by atoms with Gasteiger partial charge in [0.2, 0.25) is 5.78 Å². The van der Waals surface area contributed by atoms with Gasteiger partial charge in [0.25, 0.3) is 10.0 Å². The SMILES string of the molecule is C=C(/C=C\NC)c1cnc2[nH]cc(C(=O)c3c(F)ccc(NS(=O)(=O)c4cc(F)ccc4F)c3F)c2c1. The van der Waals surface area contributed by atoms with E-state index in [2.05, 4.69) is 21.9 Å². The van der Waals surface area contributed by atoms with Crippen molar-refractivity contribution in [2.45, 2.75) is 4.90 Å². The van der Waals surface area contributed by atoms with Crippen molar-refractivity contribution in [1.82, 2.24) is 15.3 Å². The zero-order chi connectivity index (χ0) is 26.9. The summed E-state index contributed by atoms with van der Waals surface area (Å²) in [5, 5.41) is 3.05. The lowest BCUT2D eigenvalue weighted by atomic mass is 10.00. The van der Waals surface area contributed by atoms with Gasteiger partial charge in [-0.05, 0) is 54.2 Å². The number of benzene rings is 2. The van der Waals surface area contributed by atoms with Gasteiger partial charge < -0.3 is 10.3 Å². The third kappa shape index (κ3) is 4.96. The Balaban J connectivity index is 1.76. The Morgan fingerprint density at radius 1 is 1.08 bits per heavy atom. The van der Waals surface area contributed by atoms with Crippen LogP contribution in [0.25, 0.3) is 16.6 Å². The Morgan fingerprint density at radius 3 is 2.54 bits per heavy atom. The molecule has 190 valence electrons. The minimum atomic E-state index is -4.83. The molecule has 0 saturated carbocycles. The van der Waals surface area contributed by atoms with Crippen LogP contribution < -0.4 is 10.0 Å². The highest BCUT2D eigenvalue weighted by Crippen LogP contribution is 2.29. The summed E-state index contributed by atoms with van der Waals surface area (Å²) in [6, 6.07) is 4.66.